The summed E-state index contributed by atoms with van der Waals surface area (Å²) in [5, 5.41) is 22.1. The first-order valence-electron chi connectivity index (χ1n) is 11.7. The Balaban J connectivity index is 1.46. The highest BCUT2D eigenvalue weighted by molar-refractivity contribution is 5.62. The molecule has 5 atom stereocenters. The van der Waals surface area contributed by atoms with Crippen LogP contribution in [0.1, 0.15) is 75.3 Å². The number of benzene rings is 1. The van der Waals surface area contributed by atoms with Gasteiger partial charge in [0, 0.05) is 13.1 Å². The SMILES string of the molecule is COc1ccc2c(c1N=NN1CCCCC1)CC[C@@H]1[C@@H]2CC[C@]2(C)[C@@H](O)CC[C@@H]12. The van der Waals surface area contributed by atoms with Crippen LogP contribution in [-0.2, 0) is 6.42 Å². The second kappa shape index (κ2) is 7.57. The van der Waals surface area contributed by atoms with Crippen LogP contribution >= 0.6 is 0 Å². The summed E-state index contributed by atoms with van der Waals surface area (Å²) in [6, 6.07) is 4.39. The van der Waals surface area contributed by atoms with Crippen molar-refractivity contribution in [3.8, 4) is 5.75 Å². The van der Waals surface area contributed by atoms with Gasteiger partial charge in [0.15, 0.2) is 0 Å². The van der Waals surface area contributed by atoms with Crippen molar-refractivity contribution in [1.82, 2.24) is 5.01 Å². The molecular weight excluding hydrogens is 362 g/mol. The second-order valence-corrected chi connectivity index (χ2v) is 9.94. The highest BCUT2D eigenvalue weighted by Crippen LogP contribution is 2.61. The number of aliphatic hydroxyl groups excluding tert-OH is 1. The predicted octanol–water partition coefficient (Wildman–Crippen LogP) is 5.40. The zero-order valence-electron chi connectivity index (χ0n) is 17.9. The minimum absolute atomic E-state index is 0.111. The number of aliphatic hydroxyl groups is 1. The molecule has 5 heteroatoms. The first-order chi connectivity index (χ1) is 14.1. The van der Waals surface area contributed by atoms with E-state index in [9.17, 15) is 5.11 Å². The van der Waals surface area contributed by atoms with E-state index in [-0.39, 0.29) is 11.5 Å². The molecule has 0 amide bonds. The number of rotatable bonds is 3. The predicted molar refractivity (Wildman–Crippen MR) is 114 cm³/mol. The standard InChI is InChI=1S/C24H35N3O2/c1-24-13-12-17-16-8-10-21(29-2)23(25-26-27-14-4-3-5-15-27)19(16)7-6-18(17)20(24)9-11-22(24)28/h8,10,17-18,20,22,28H,3-7,9,11-15H2,1-2H3/t17-,18-,20+,22+,24+/m1/s1. The Bertz CT molecular complexity index is 789. The highest BCUT2D eigenvalue weighted by atomic mass is 16.5. The van der Waals surface area contributed by atoms with E-state index in [2.05, 4.69) is 29.3 Å². The number of hydrogen-bond donors (Lipinski definition) is 1. The third-order valence-electron chi connectivity index (χ3n) is 8.62. The van der Waals surface area contributed by atoms with Gasteiger partial charge in [-0.2, -0.15) is 0 Å². The van der Waals surface area contributed by atoms with Crippen molar-refractivity contribution in [2.24, 2.45) is 27.6 Å². The Morgan fingerprint density at radius 2 is 1.93 bits per heavy atom. The minimum Gasteiger partial charge on any atom is -0.494 e. The number of piperidine rings is 1. The fourth-order valence-electron chi connectivity index (χ4n) is 6.95. The molecule has 1 N–H and O–H groups in total. The van der Waals surface area contributed by atoms with Gasteiger partial charge < -0.3 is 9.84 Å². The van der Waals surface area contributed by atoms with Crippen molar-refractivity contribution in [3.05, 3.63) is 23.3 Å². The van der Waals surface area contributed by atoms with E-state index < -0.39 is 0 Å². The van der Waals surface area contributed by atoms with Crippen LogP contribution in [-0.4, -0.2) is 36.4 Å². The molecule has 4 aliphatic rings. The Morgan fingerprint density at radius 3 is 2.72 bits per heavy atom. The van der Waals surface area contributed by atoms with Gasteiger partial charge in [-0.05, 0) is 98.1 Å². The lowest BCUT2D eigenvalue weighted by molar-refractivity contribution is -0.0226. The summed E-state index contributed by atoms with van der Waals surface area (Å²) in [5.41, 5.74) is 3.91. The molecular formula is C24H35N3O2. The number of hydrogen-bond acceptors (Lipinski definition) is 4. The average molecular weight is 398 g/mol. The van der Waals surface area contributed by atoms with Gasteiger partial charge in [-0.3, -0.25) is 5.01 Å². The zero-order chi connectivity index (χ0) is 20.0. The summed E-state index contributed by atoms with van der Waals surface area (Å²) >= 11 is 0. The van der Waals surface area contributed by atoms with E-state index in [1.807, 2.05) is 0 Å². The molecule has 1 aromatic rings. The molecule has 29 heavy (non-hydrogen) atoms. The number of fused-ring (bicyclic) bond motifs is 5. The summed E-state index contributed by atoms with van der Waals surface area (Å²) in [6.07, 6.45) is 10.3. The van der Waals surface area contributed by atoms with Gasteiger partial charge in [0.05, 0.1) is 13.2 Å². The van der Waals surface area contributed by atoms with Gasteiger partial charge in [-0.1, -0.05) is 18.2 Å². The molecule has 0 spiro atoms. The van der Waals surface area contributed by atoms with Gasteiger partial charge in [0.25, 0.3) is 0 Å². The minimum atomic E-state index is -0.111. The monoisotopic (exact) mass is 397 g/mol. The maximum Gasteiger partial charge on any atom is 0.146 e. The van der Waals surface area contributed by atoms with Crippen molar-refractivity contribution in [2.45, 2.75) is 76.7 Å². The third kappa shape index (κ3) is 3.17. The lowest BCUT2D eigenvalue weighted by Gasteiger charge is -2.50. The van der Waals surface area contributed by atoms with Gasteiger partial charge in [-0.15, -0.1) is 5.11 Å². The largest absolute Gasteiger partial charge is 0.494 e. The molecule has 2 saturated carbocycles. The topological polar surface area (TPSA) is 57.4 Å². The average Bonchev–Trinajstić information content (AvgIpc) is 3.07. The molecule has 3 aliphatic carbocycles. The molecule has 1 aromatic carbocycles. The first-order valence-corrected chi connectivity index (χ1v) is 11.7. The quantitative estimate of drug-likeness (QED) is 0.695. The lowest BCUT2D eigenvalue weighted by atomic mass is 9.55. The van der Waals surface area contributed by atoms with E-state index in [1.54, 1.807) is 7.11 Å². The van der Waals surface area contributed by atoms with Crippen molar-refractivity contribution in [3.63, 3.8) is 0 Å². The van der Waals surface area contributed by atoms with E-state index in [0.29, 0.717) is 17.8 Å². The molecule has 5 rings (SSSR count). The van der Waals surface area contributed by atoms with E-state index >= 15 is 0 Å². The van der Waals surface area contributed by atoms with Gasteiger partial charge >= 0.3 is 0 Å². The Kier molecular flexibility index (Phi) is 5.05. The summed E-state index contributed by atoms with van der Waals surface area (Å²) in [4.78, 5) is 0. The zero-order valence-corrected chi connectivity index (χ0v) is 17.9. The van der Waals surface area contributed by atoms with Crippen LogP contribution in [0.3, 0.4) is 0 Å². The maximum atomic E-state index is 10.6. The second-order valence-electron chi connectivity index (χ2n) is 9.94. The van der Waals surface area contributed by atoms with Crippen molar-refractivity contribution < 1.29 is 9.84 Å². The number of methoxy groups -OCH3 is 1. The first kappa shape index (κ1) is 19.3. The molecule has 0 aromatic heterocycles. The molecule has 5 nitrogen and oxygen atoms in total. The molecule has 1 aliphatic heterocycles. The Morgan fingerprint density at radius 1 is 1.10 bits per heavy atom. The summed E-state index contributed by atoms with van der Waals surface area (Å²) in [5.74, 6) is 2.79. The Labute approximate surface area is 174 Å². The van der Waals surface area contributed by atoms with Crippen LogP contribution in [0, 0.1) is 17.3 Å². The highest BCUT2D eigenvalue weighted by Gasteiger charge is 2.54. The summed E-state index contributed by atoms with van der Waals surface area (Å²) in [7, 11) is 1.74. The van der Waals surface area contributed by atoms with Crippen LogP contribution in [0.2, 0.25) is 0 Å². The van der Waals surface area contributed by atoms with Gasteiger partial charge in [-0.25, -0.2) is 0 Å². The molecule has 0 radical (unpaired) electrons. The lowest BCUT2D eigenvalue weighted by Crippen LogP contribution is -2.43. The molecule has 158 valence electrons. The van der Waals surface area contributed by atoms with Gasteiger partial charge in [0.1, 0.15) is 11.4 Å². The smallest absolute Gasteiger partial charge is 0.146 e. The molecule has 0 bridgehead atoms. The van der Waals surface area contributed by atoms with Crippen LogP contribution in [0.4, 0.5) is 5.69 Å². The molecule has 1 heterocycles. The molecule has 3 fully saturated rings. The number of nitrogens with zero attached hydrogens (tertiary/aromatic N) is 3. The van der Waals surface area contributed by atoms with Crippen LogP contribution in [0.25, 0.3) is 0 Å². The normalized spacial score (nSPS) is 36.6. The maximum absolute atomic E-state index is 10.6. The number of ether oxygens (including phenoxy) is 1. The van der Waals surface area contributed by atoms with Crippen LogP contribution in [0.15, 0.2) is 22.5 Å². The fraction of sp³-hybridized carbons (Fsp3) is 0.750. The summed E-state index contributed by atoms with van der Waals surface area (Å²) in [6.45, 7) is 4.36. The van der Waals surface area contributed by atoms with E-state index in [4.69, 9.17) is 9.85 Å². The van der Waals surface area contributed by atoms with Gasteiger partial charge in [0.2, 0.25) is 0 Å². The summed E-state index contributed by atoms with van der Waals surface area (Å²) < 4.78 is 5.68. The van der Waals surface area contributed by atoms with E-state index in [0.717, 1.165) is 43.8 Å². The van der Waals surface area contributed by atoms with Crippen molar-refractivity contribution >= 4 is 5.69 Å². The van der Waals surface area contributed by atoms with Crippen LogP contribution < -0.4 is 4.74 Å². The van der Waals surface area contributed by atoms with Crippen molar-refractivity contribution in [2.75, 3.05) is 20.2 Å². The molecule has 0 unspecified atom stereocenters. The Hall–Kier alpha value is -1.62. The van der Waals surface area contributed by atoms with E-state index in [1.165, 1.54) is 49.7 Å². The third-order valence-corrected chi connectivity index (χ3v) is 8.62. The fourth-order valence-corrected chi connectivity index (χ4v) is 6.95. The van der Waals surface area contributed by atoms with Crippen LogP contribution in [0.5, 0.6) is 5.75 Å². The molecule has 1 saturated heterocycles. The van der Waals surface area contributed by atoms with Crippen molar-refractivity contribution in [1.29, 1.82) is 0 Å².